The maximum absolute atomic E-state index is 10.9. The number of aromatic nitrogens is 3. The highest BCUT2D eigenvalue weighted by Crippen LogP contribution is 2.16. The maximum atomic E-state index is 10.9. The van der Waals surface area contributed by atoms with E-state index in [0.29, 0.717) is 5.65 Å². The van der Waals surface area contributed by atoms with Crippen LogP contribution in [0, 0.1) is 0 Å². The van der Waals surface area contributed by atoms with E-state index in [1.807, 2.05) is 32.0 Å². The van der Waals surface area contributed by atoms with Gasteiger partial charge in [-0.15, -0.1) is 0 Å². The Bertz CT molecular complexity index is 574. The Hall–Kier alpha value is -2.11. The maximum Gasteiger partial charge on any atom is 0.356 e. The Morgan fingerprint density at radius 2 is 2.18 bits per heavy atom. The van der Waals surface area contributed by atoms with Crippen LogP contribution < -0.4 is 4.90 Å². The molecule has 6 nitrogen and oxygen atoms in total. The molecule has 0 radical (unpaired) electrons. The van der Waals surface area contributed by atoms with Gasteiger partial charge in [-0.25, -0.2) is 9.78 Å². The molecule has 2 aromatic heterocycles. The van der Waals surface area contributed by atoms with E-state index in [-0.39, 0.29) is 5.69 Å². The predicted molar refractivity (Wildman–Crippen MR) is 63.7 cm³/mol. The van der Waals surface area contributed by atoms with E-state index >= 15 is 0 Å². The van der Waals surface area contributed by atoms with E-state index in [4.69, 9.17) is 5.11 Å². The van der Waals surface area contributed by atoms with E-state index < -0.39 is 5.97 Å². The summed E-state index contributed by atoms with van der Waals surface area (Å²) in [6.45, 7) is 2.01. The third-order valence-electron chi connectivity index (χ3n) is 2.50. The SMILES string of the molecule is CCc1cc(N(C)C)n2nc(C(=O)O)cc2n1. The summed E-state index contributed by atoms with van der Waals surface area (Å²) >= 11 is 0. The largest absolute Gasteiger partial charge is 0.476 e. The van der Waals surface area contributed by atoms with Crippen molar-refractivity contribution >= 4 is 17.4 Å². The summed E-state index contributed by atoms with van der Waals surface area (Å²) in [4.78, 5) is 17.1. The second kappa shape index (κ2) is 4.04. The van der Waals surface area contributed by atoms with Gasteiger partial charge in [-0.1, -0.05) is 6.92 Å². The highest BCUT2D eigenvalue weighted by Gasteiger charge is 2.13. The van der Waals surface area contributed by atoms with Crippen LogP contribution in [0.5, 0.6) is 0 Å². The number of carbonyl (C=O) groups is 1. The first-order valence-electron chi connectivity index (χ1n) is 5.33. The lowest BCUT2D eigenvalue weighted by Crippen LogP contribution is -2.15. The molecule has 2 heterocycles. The number of carboxylic acids is 1. The fourth-order valence-corrected chi connectivity index (χ4v) is 1.61. The van der Waals surface area contributed by atoms with Crippen LogP contribution >= 0.6 is 0 Å². The van der Waals surface area contributed by atoms with Gasteiger partial charge >= 0.3 is 5.97 Å². The van der Waals surface area contributed by atoms with Crippen LogP contribution in [0.15, 0.2) is 12.1 Å². The molecule has 0 bridgehead atoms. The van der Waals surface area contributed by atoms with Gasteiger partial charge < -0.3 is 10.0 Å². The standard InChI is InChI=1S/C11H14N4O2/c1-4-7-5-10(14(2)3)15-9(12-7)6-8(13-15)11(16)17/h5-6H,4H2,1-3H3,(H,16,17). The van der Waals surface area contributed by atoms with Crippen molar-refractivity contribution in [1.29, 1.82) is 0 Å². The van der Waals surface area contributed by atoms with Crippen molar-refractivity contribution in [1.82, 2.24) is 14.6 Å². The molecule has 2 aromatic rings. The molecule has 90 valence electrons. The number of rotatable bonds is 3. The molecular weight excluding hydrogens is 220 g/mol. The molecule has 0 saturated carbocycles. The van der Waals surface area contributed by atoms with Crippen molar-refractivity contribution in [2.75, 3.05) is 19.0 Å². The number of carboxylic acid groups (broad SMARTS) is 1. The zero-order valence-electron chi connectivity index (χ0n) is 10.0. The van der Waals surface area contributed by atoms with Crippen molar-refractivity contribution < 1.29 is 9.90 Å². The summed E-state index contributed by atoms with van der Waals surface area (Å²) in [5, 5.41) is 12.9. The molecule has 0 fully saturated rings. The lowest BCUT2D eigenvalue weighted by Gasteiger charge is -2.14. The number of hydrogen-bond acceptors (Lipinski definition) is 4. The van der Waals surface area contributed by atoms with Crippen LogP contribution in [0.25, 0.3) is 5.65 Å². The molecule has 2 rings (SSSR count). The van der Waals surface area contributed by atoms with E-state index in [9.17, 15) is 4.79 Å². The Kier molecular flexibility index (Phi) is 2.71. The van der Waals surface area contributed by atoms with E-state index in [1.165, 1.54) is 6.07 Å². The molecule has 0 amide bonds. The molecule has 0 aliphatic rings. The van der Waals surface area contributed by atoms with Crippen LogP contribution in [0.2, 0.25) is 0 Å². The Balaban J connectivity index is 2.72. The summed E-state index contributed by atoms with van der Waals surface area (Å²) in [6, 6.07) is 3.39. The monoisotopic (exact) mass is 234 g/mol. The summed E-state index contributed by atoms with van der Waals surface area (Å²) in [5.41, 5.74) is 1.48. The summed E-state index contributed by atoms with van der Waals surface area (Å²) < 4.78 is 1.54. The quantitative estimate of drug-likeness (QED) is 0.859. The minimum atomic E-state index is -1.04. The minimum Gasteiger partial charge on any atom is -0.476 e. The van der Waals surface area contributed by atoms with Gasteiger partial charge in [-0.3, -0.25) is 0 Å². The first-order chi connectivity index (χ1) is 8.02. The van der Waals surface area contributed by atoms with Gasteiger partial charge in [-0.2, -0.15) is 9.61 Å². The summed E-state index contributed by atoms with van der Waals surface area (Å²) in [6.07, 6.45) is 0.797. The Morgan fingerprint density at radius 3 is 2.71 bits per heavy atom. The van der Waals surface area contributed by atoms with Gasteiger partial charge in [0, 0.05) is 31.9 Å². The highest BCUT2D eigenvalue weighted by atomic mass is 16.4. The smallest absolute Gasteiger partial charge is 0.356 e. The Morgan fingerprint density at radius 1 is 1.47 bits per heavy atom. The number of hydrogen-bond donors (Lipinski definition) is 1. The van der Waals surface area contributed by atoms with Crippen molar-refractivity contribution in [3.63, 3.8) is 0 Å². The van der Waals surface area contributed by atoms with Crippen molar-refractivity contribution in [2.45, 2.75) is 13.3 Å². The fraction of sp³-hybridized carbons (Fsp3) is 0.364. The number of fused-ring (bicyclic) bond motifs is 1. The molecular formula is C11H14N4O2. The van der Waals surface area contributed by atoms with Crippen LogP contribution in [0.3, 0.4) is 0 Å². The molecule has 0 aromatic carbocycles. The second-order valence-corrected chi connectivity index (χ2v) is 3.96. The van der Waals surface area contributed by atoms with Gasteiger partial charge in [0.1, 0.15) is 5.82 Å². The van der Waals surface area contributed by atoms with Gasteiger partial charge in [0.25, 0.3) is 0 Å². The van der Waals surface area contributed by atoms with Crippen LogP contribution in [0.1, 0.15) is 23.1 Å². The topological polar surface area (TPSA) is 70.7 Å². The second-order valence-electron chi connectivity index (χ2n) is 3.96. The van der Waals surface area contributed by atoms with Crippen molar-refractivity contribution in [3.05, 3.63) is 23.5 Å². The van der Waals surface area contributed by atoms with Gasteiger partial charge in [-0.05, 0) is 6.42 Å². The molecule has 0 spiro atoms. The number of aromatic carboxylic acids is 1. The molecule has 0 aliphatic heterocycles. The normalized spacial score (nSPS) is 10.8. The van der Waals surface area contributed by atoms with Gasteiger partial charge in [0.15, 0.2) is 11.3 Å². The lowest BCUT2D eigenvalue weighted by atomic mass is 10.3. The third kappa shape index (κ3) is 1.93. The molecule has 0 unspecified atom stereocenters. The number of nitrogens with zero attached hydrogens (tertiary/aromatic N) is 4. The average molecular weight is 234 g/mol. The van der Waals surface area contributed by atoms with Crippen molar-refractivity contribution in [2.24, 2.45) is 0 Å². The van der Waals surface area contributed by atoms with E-state index in [1.54, 1.807) is 4.52 Å². The number of anilines is 1. The Labute approximate surface area is 98.5 Å². The zero-order valence-corrected chi connectivity index (χ0v) is 10.0. The zero-order chi connectivity index (χ0) is 12.6. The fourth-order valence-electron chi connectivity index (χ4n) is 1.61. The molecule has 0 saturated heterocycles. The van der Waals surface area contributed by atoms with Gasteiger partial charge in [0.2, 0.25) is 0 Å². The molecule has 6 heteroatoms. The number of aryl methyl sites for hydroxylation is 1. The first kappa shape index (κ1) is 11.4. The molecule has 17 heavy (non-hydrogen) atoms. The lowest BCUT2D eigenvalue weighted by molar-refractivity contribution is 0.0690. The third-order valence-corrected chi connectivity index (χ3v) is 2.50. The van der Waals surface area contributed by atoms with E-state index in [2.05, 4.69) is 10.1 Å². The molecule has 0 aliphatic carbocycles. The van der Waals surface area contributed by atoms with Crippen LogP contribution in [-0.4, -0.2) is 39.8 Å². The summed E-state index contributed by atoms with van der Waals surface area (Å²) in [5.74, 6) is -0.224. The highest BCUT2D eigenvalue weighted by molar-refractivity contribution is 5.86. The van der Waals surface area contributed by atoms with Gasteiger partial charge in [0.05, 0.1) is 0 Å². The summed E-state index contributed by atoms with van der Waals surface area (Å²) in [7, 11) is 3.77. The average Bonchev–Trinajstić information content (AvgIpc) is 2.70. The van der Waals surface area contributed by atoms with Crippen LogP contribution in [-0.2, 0) is 6.42 Å². The molecule has 0 atom stereocenters. The van der Waals surface area contributed by atoms with Crippen molar-refractivity contribution in [3.8, 4) is 0 Å². The first-order valence-corrected chi connectivity index (χ1v) is 5.33. The molecule has 1 N–H and O–H groups in total. The predicted octanol–water partition coefficient (Wildman–Crippen LogP) is 1.06. The minimum absolute atomic E-state index is 0.00820. The van der Waals surface area contributed by atoms with E-state index in [0.717, 1.165) is 17.9 Å². The van der Waals surface area contributed by atoms with Crippen LogP contribution in [0.4, 0.5) is 5.82 Å².